The topological polar surface area (TPSA) is 100 Å². The maximum atomic E-state index is 13.6. The van der Waals surface area contributed by atoms with Crippen molar-refractivity contribution < 1.29 is 19.1 Å². The molecule has 0 fully saturated rings. The Balaban J connectivity index is 1.38. The van der Waals surface area contributed by atoms with E-state index in [0.717, 1.165) is 22.6 Å². The van der Waals surface area contributed by atoms with E-state index >= 15 is 0 Å². The molecule has 204 valence electrons. The number of aryl methyl sites for hydroxylation is 1. The number of hydrogen-bond donors (Lipinski definition) is 0. The summed E-state index contributed by atoms with van der Waals surface area (Å²) in [5, 5.41) is 8.83. The van der Waals surface area contributed by atoms with Gasteiger partial charge >= 0.3 is 0 Å². The van der Waals surface area contributed by atoms with Gasteiger partial charge in [0.1, 0.15) is 17.8 Å². The van der Waals surface area contributed by atoms with Crippen LogP contribution in [0, 0.1) is 12.3 Å². The Morgan fingerprint density at radius 1 is 1.12 bits per heavy atom. The summed E-state index contributed by atoms with van der Waals surface area (Å²) < 4.78 is 13.3. The maximum absolute atomic E-state index is 13.6. The van der Waals surface area contributed by atoms with Gasteiger partial charge in [-0.3, -0.25) is 4.79 Å². The van der Waals surface area contributed by atoms with Crippen LogP contribution in [0.5, 0.6) is 11.6 Å². The van der Waals surface area contributed by atoms with Crippen LogP contribution in [0.25, 0.3) is 5.65 Å². The molecule has 3 heterocycles. The van der Waals surface area contributed by atoms with E-state index in [0.29, 0.717) is 47.1 Å². The van der Waals surface area contributed by atoms with Crippen molar-refractivity contribution in [2.75, 3.05) is 7.11 Å². The lowest BCUT2D eigenvalue weighted by Gasteiger charge is -2.37. The summed E-state index contributed by atoms with van der Waals surface area (Å²) in [4.78, 5) is 28.6. The molecule has 6 rings (SSSR count). The van der Waals surface area contributed by atoms with E-state index in [2.05, 4.69) is 29.1 Å². The molecule has 1 aliphatic carbocycles. The fourth-order valence-electron chi connectivity index (χ4n) is 5.41. The minimum atomic E-state index is -0.399. The number of rotatable bonds is 6. The smallest absolute Gasteiger partial charge is 0.228 e. The summed E-state index contributed by atoms with van der Waals surface area (Å²) in [7, 11) is 1.63. The van der Waals surface area contributed by atoms with Gasteiger partial charge in [0.05, 0.1) is 18.4 Å². The van der Waals surface area contributed by atoms with E-state index in [4.69, 9.17) is 19.3 Å². The molecule has 1 unspecified atom stereocenters. The standard InChI is InChI=1S/C31H31N5O4/c1-18-6-8-20(9-7-18)19(2)35-39-16-25-33-29-28-26(21-10-12-22(38-5)13-11-21)27-23(37)14-31(3,4)15-24(27)40-30(28)32-17-36(29)34-25/h6-13,17,26H,14-16H2,1-5H3. The lowest BCUT2D eigenvalue weighted by atomic mass is 9.70. The fraction of sp³-hybridized carbons (Fsp3) is 0.323. The van der Waals surface area contributed by atoms with Gasteiger partial charge in [-0.15, -0.1) is 5.10 Å². The molecule has 0 saturated heterocycles. The molecule has 2 aliphatic rings. The number of benzene rings is 2. The molecule has 0 saturated carbocycles. The van der Waals surface area contributed by atoms with E-state index in [1.54, 1.807) is 18.0 Å². The van der Waals surface area contributed by atoms with Crippen molar-refractivity contribution in [1.29, 1.82) is 0 Å². The van der Waals surface area contributed by atoms with Gasteiger partial charge in [0.25, 0.3) is 0 Å². The van der Waals surface area contributed by atoms with Crippen molar-refractivity contribution in [2.24, 2.45) is 10.6 Å². The highest BCUT2D eigenvalue weighted by molar-refractivity contribution is 6.00. The lowest BCUT2D eigenvalue weighted by molar-refractivity contribution is -0.118. The Morgan fingerprint density at radius 2 is 1.88 bits per heavy atom. The number of carbonyl (C=O) groups excluding carboxylic acids is 1. The number of allylic oxidation sites excluding steroid dienone is 2. The van der Waals surface area contributed by atoms with Crippen molar-refractivity contribution in [3.8, 4) is 11.6 Å². The first kappa shape index (κ1) is 25.7. The molecule has 9 nitrogen and oxygen atoms in total. The number of ketones is 1. The Hall–Kier alpha value is -4.53. The lowest BCUT2D eigenvalue weighted by Crippen LogP contribution is -2.33. The Morgan fingerprint density at radius 3 is 2.60 bits per heavy atom. The number of oxime groups is 1. The first-order valence-electron chi connectivity index (χ1n) is 13.3. The molecular weight excluding hydrogens is 506 g/mol. The van der Waals surface area contributed by atoms with Crippen molar-refractivity contribution in [3.05, 3.63) is 94.3 Å². The summed E-state index contributed by atoms with van der Waals surface area (Å²) in [5.41, 5.74) is 5.58. The molecule has 0 amide bonds. The van der Waals surface area contributed by atoms with Gasteiger partial charge in [0, 0.05) is 24.3 Å². The first-order valence-corrected chi connectivity index (χ1v) is 13.3. The molecule has 0 radical (unpaired) electrons. The molecule has 2 aromatic heterocycles. The second kappa shape index (κ2) is 9.89. The zero-order valence-corrected chi connectivity index (χ0v) is 23.3. The zero-order chi connectivity index (χ0) is 28.0. The van der Waals surface area contributed by atoms with Gasteiger partial charge in [-0.1, -0.05) is 61.0 Å². The fourth-order valence-corrected chi connectivity index (χ4v) is 5.41. The normalized spacial score (nSPS) is 18.3. The third kappa shape index (κ3) is 4.72. The third-order valence-corrected chi connectivity index (χ3v) is 7.42. The molecule has 1 atom stereocenters. The monoisotopic (exact) mass is 537 g/mol. The number of nitrogens with zero attached hydrogens (tertiary/aromatic N) is 5. The quantitative estimate of drug-likeness (QED) is 0.235. The number of ether oxygens (including phenoxy) is 2. The van der Waals surface area contributed by atoms with E-state index in [-0.39, 0.29) is 17.8 Å². The maximum Gasteiger partial charge on any atom is 0.228 e. The highest BCUT2D eigenvalue weighted by atomic mass is 16.6. The molecule has 0 spiro atoms. The molecule has 1 aliphatic heterocycles. The summed E-state index contributed by atoms with van der Waals surface area (Å²) in [5.74, 6) is 1.97. The van der Waals surface area contributed by atoms with Crippen molar-refractivity contribution in [1.82, 2.24) is 19.6 Å². The molecular formula is C31H31N5O4. The molecule has 2 aromatic carbocycles. The molecule has 4 aromatic rings. The van der Waals surface area contributed by atoms with Gasteiger partial charge in [-0.05, 0) is 42.5 Å². The van der Waals surface area contributed by atoms with Gasteiger partial charge in [-0.25, -0.2) is 14.5 Å². The van der Waals surface area contributed by atoms with E-state index < -0.39 is 5.92 Å². The molecule has 0 N–H and O–H groups in total. The summed E-state index contributed by atoms with van der Waals surface area (Å²) >= 11 is 0. The van der Waals surface area contributed by atoms with Crippen LogP contribution in [0.2, 0.25) is 0 Å². The number of methoxy groups -OCH3 is 1. The van der Waals surface area contributed by atoms with E-state index in [1.807, 2.05) is 62.4 Å². The van der Waals surface area contributed by atoms with Gasteiger partial charge in [0.15, 0.2) is 23.9 Å². The number of aromatic nitrogens is 4. The van der Waals surface area contributed by atoms with E-state index in [9.17, 15) is 4.79 Å². The number of fused-ring (bicyclic) bond motifs is 3. The van der Waals surface area contributed by atoms with Gasteiger partial charge in [-0.2, -0.15) is 0 Å². The third-order valence-electron chi connectivity index (χ3n) is 7.42. The minimum absolute atomic E-state index is 0.0729. The predicted molar refractivity (Wildman–Crippen MR) is 149 cm³/mol. The highest BCUT2D eigenvalue weighted by Gasteiger charge is 2.44. The largest absolute Gasteiger partial charge is 0.497 e. The summed E-state index contributed by atoms with van der Waals surface area (Å²) in [6, 6.07) is 15.8. The second-order valence-corrected chi connectivity index (χ2v) is 11.2. The van der Waals surface area contributed by atoms with Gasteiger partial charge in [0.2, 0.25) is 5.88 Å². The molecule has 0 bridgehead atoms. The van der Waals surface area contributed by atoms with Crippen LogP contribution in [0.1, 0.15) is 67.6 Å². The van der Waals surface area contributed by atoms with Crippen molar-refractivity contribution in [2.45, 2.75) is 53.1 Å². The van der Waals surface area contributed by atoms with Crippen molar-refractivity contribution in [3.63, 3.8) is 0 Å². The molecule has 9 heteroatoms. The zero-order valence-electron chi connectivity index (χ0n) is 23.3. The average molecular weight is 538 g/mol. The van der Waals surface area contributed by atoms with E-state index in [1.165, 1.54) is 5.56 Å². The van der Waals surface area contributed by atoms with Crippen LogP contribution >= 0.6 is 0 Å². The minimum Gasteiger partial charge on any atom is -0.497 e. The predicted octanol–water partition coefficient (Wildman–Crippen LogP) is 5.55. The Bertz CT molecular complexity index is 1670. The van der Waals surface area contributed by atoms with Crippen LogP contribution < -0.4 is 9.47 Å². The second-order valence-electron chi connectivity index (χ2n) is 11.2. The average Bonchev–Trinajstić information content (AvgIpc) is 3.35. The van der Waals surface area contributed by atoms with Crippen molar-refractivity contribution >= 4 is 17.1 Å². The highest BCUT2D eigenvalue weighted by Crippen LogP contribution is 2.50. The SMILES string of the molecule is COc1ccc(C2C3=C(CC(C)(C)CC3=O)Oc3ncn4nc(CON=C(C)c5ccc(C)cc5)nc4c32)cc1. The van der Waals surface area contributed by atoms with Crippen LogP contribution in [0.4, 0.5) is 0 Å². The molecule has 40 heavy (non-hydrogen) atoms. The van der Waals surface area contributed by atoms with Crippen LogP contribution in [0.15, 0.2) is 71.3 Å². The number of carbonyl (C=O) groups is 1. The van der Waals surface area contributed by atoms with Crippen LogP contribution in [0.3, 0.4) is 0 Å². The van der Waals surface area contributed by atoms with Gasteiger partial charge < -0.3 is 14.3 Å². The Labute approximate surface area is 232 Å². The van der Waals surface area contributed by atoms with Crippen LogP contribution in [-0.4, -0.2) is 38.2 Å². The summed E-state index contributed by atoms with van der Waals surface area (Å²) in [6.45, 7) is 8.18. The number of hydrogen-bond acceptors (Lipinski definition) is 8. The summed E-state index contributed by atoms with van der Waals surface area (Å²) in [6.07, 6.45) is 2.67. The number of Topliss-reactive ketones (excluding diaryl/α,β-unsaturated/α-hetero) is 1. The van der Waals surface area contributed by atoms with Crippen LogP contribution in [-0.2, 0) is 16.2 Å². The first-order chi connectivity index (χ1) is 19.2. The Kier molecular flexibility index (Phi) is 6.37.